The lowest BCUT2D eigenvalue weighted by Gasteiger charge is -2.37. The first-order chi connectivity index (χ1) is 11.7. The van der Waals surface area contributed by atoms with E-state index in [1.807, 2.05) is 48.2 Å². The molecule has 2 aromatic heterocycles. The Morgan fingerprint density at radius 3 is 2.62 bits per heavy atom. The lowest BCUT2D eigenvalue weighted by molar-refractivity contribution is 0.0657. The van der Waals surface area contributed by atoms with E-state index >= 15 is 0 Å². The maximum atomic E-state index is 13.1. The summed E-state index contributed by atoms with van der Waals surface area (Å²) >= 11 is 0. The van der Waals surface area contributed by atoms with Crippen molar-refractivity contribution in [3.8, 4) is 0 Å². The van der Waals surface area contributed by atoms with Crippen LogP contribution in [0.1, 0.15) is 33.5 Å². The molecular weight excluding hydrogens is 298 g/mol. The van der Waals surface area contributed by atoms with Gasteiger partial charge in [-0.2, -0.15) is 0 Å². The Hall–Kier alpha value is -2.88. The largest absolute Gasteiger partial charge is 0.348 e. The SMILES string of the molecule is Cc1cccc(C(=O)N2CCn3cccc3C2c2ccccc2)n1. The van der Waals surface area contributed by atoms with Crippen molar-refractivity contribution in [1.82, 2.24) is 14.5 Å². The number of rotatable bonds is 2. The van der Waals surface area contributed by atoms with Gasteiger partial charge >= 0.3 is 0 Å². The van der Waals surface area contributed by atoms with Gasteiger partial charge in [-0.25, -0.2) is 4.98 Å². The third-order valence-electron chi connectivity index (χ3n) is 4.52. The van der Waals surface area contributed by atoms with Crippen LogP contribution in [0.25, 0.3) is 0 Å². The highest BCUT2D eigenvalue weighted by atomic mass is 16.2. The zero-order valence-corrected chi connectivity index (χ0v) is 13.6. The van der Waals surface area contributed by atoms with Gasteiger partial charge in [0.05, 0.1) is 6.04 Å². The molecule has 4 rings (SSSR count). The second-order valence-electron chi connectivity index (χ2n) is 6.10. The predicted molar refractivity (Wildman–Crippen MR) is 92.7 cm³/mol. The lowest BCUT2D eigenvalue weighted by atomic mass is 9.99. The smallest absolute Gasteiger partial charge is 0.273 e. The van der Waals surface area contributed by atoms with Crippen LogP contribution < -0.4 is 0 Å². The van der Waals surface area contributed by atoms with Gasteiger partial charge in [-0.05, 0) is 36.8 Å². The van der Waals surface area contributed by atoms with Gasteiger partial charge in [0, 0.05) is 30.7 Å². The third kappa shape index (κ3) is 2.50. The predicted octanol–water partition coefficient (Wildman–Crippen LogP) is 3.44. The molecule has 1 atom stereocenters. The Labute approximate surface area is 141 Å². The van der Waals surface area contributed by atoms with Crippen molar-refractivity contribution < 1.29 is 4.79 Å². The number of aromatic nitrogens is 2. The van der Waals surface area contributed by atoms with E-state index in [0.717, 1.165) is 23.5 Å². The molecule has 1 amide bonds. The zero-order valence-electron chi connectivity index (χ0n) is 13.6. The second-order valence-corrected chi connectivity index (χ2v) is 6.10. The summed E-state index contributed by atoms with van der Waals surface area (Å²) < 4.78 is 2.23. The van der Waals surface area contributed by atoms with E-state index in [4.69, 9.17) is 0 Å². The van der Waals surface area contributed by atoms with E-state index in [2.05, 4.69) is 33.9 Å². The molecule has 4 nitrogen and oxygen atoms in total. The van der Waals surface area contributed by atoms with Gasteiger partial charge < -0.3 is 9.47 Å². The van der Waals surface area contributed by atoms with Crippen molar-refractivity contribution in [1.29, 1.82) is 0 Å². The maximum absolute atomic E-state index is 13.1. The molecule has 120 valence electrons. The molecule has 1 aromatic carbocycles. The highest BCUT2D eigenvalue weighted by molar-refractivity contribution is 5.93. The van der Waals surface area contributed by atoms with Crippen LogP contribution in [0.5, 0.6) is 0 Å². The van der Waals surface area contributed by atoms with Crippen LogP contribution in [0.4, 0.5) is 0 Å². The van der Waals surface area contributed by atoms with Crippen LogP contribution in [0.2, 0.25) is 0 Å². The minimum atomic E-state index is -0.0789. The van der Waals surface area contributed by atoms with Crippen molar-refractivity contribution >= 4 is 5.91 Å². The van der Waals surface area contributed by atoms with E-state index in [-0.39, 0.29) is 11.9 Å². The average Bonchev–Trinajstić information content (AvgIpc) is 3.09. The van der Waals surface area contributed by atoms with Gasteiger partial charge in [-0.3, -0.25) is 4.79 Å². The molecule has 0 fully saturated rings. The summed E-state index contributed by atoms with van der Waals surface area (Å²) in [6, 6.07) is 19.9. The molecular formula is C20H19N3O. The summed E-state index contributed by atoms with van der Waals surface area (Å²) in [5.74, 6) is -0.0139. The minimum Gasteiger partial charge on any atom is -0.348 e. The number of hydrogen-bond acceptors (Lipinski definition) is 2. The Bertz CT molecular complexity index is 869. The molecule has 4 heteroatoms. The number of carbonyl (C=O) groups excluding carboxylic acids is 1. The van der Waals surface area contributed by atoms with Crippen LogP contribution in [0, 0.1) is 6.92 Å². The summed E-state index contributed by atoms with van der Waals surface area (Å²) in [7, 11) is 0. The van der Waals surface area contributed by atoms with Crippen molar-refractivity contribution in [2.75, 3.05) is 6.54 Å². The first-order valence-corrected chi connectivity index (χ1v) is 8.18. The number of benzene rings is 1. The first kappa shape index (κ1) is 14.7. The number of pyridine rings is 1. The lowest BCUT2D eigenvalue weighted by Crippen LogP contribution is -2.42. The molecule has 0 saturated heterocycles. The van der Waals surface area contributed by atoms with Gasteiger partial charge in [-0.1, -0.05) is 36.4 Å². The molecule has 0 N–H and O–H groups in total. The van der Waals surface area contributed by atoms with Crippen LogP contribution in [-0.4, -0.2) is 26.9 Å². The van der Waals surface area contributed by atoms with E-state index in [0.29, 0.717) is 12.2 Å². The summed E-state index contributed by atoms with van der Waals surface area (Å²) in [6.07, 6.45) is 2.08. The molecule has 24 heavy (non-hydrogen) atoms. The summed E-state index contributed by atoms with van der Waals surface area (Å²) in [4.78, 5) is 19.5. The van der Waals surface area contributed by atoms with Crippen molar-refractivity contribution in [2.24, 2.45) is 0 Å². The molecule has 0 bridgehead atoms. The van der Waals surface area contributed by atoms with Gasteiger partial charge in [0.25, 0.3) is 5.91 Å². The standard InChI is InChI=1S/C20H19N3O/c1-15-7-5-10-17(21-15)20(24)23-14-13-22-12-6-11-18(22)19(23)16-8-3-2-4-9-16/h2-12,19H,13-14H2,1H3. The number of carbonyl (C=O) groups is 1. The molecule has 1 aliphatic rings. The number of fused-ring (bicyclic) bond motifs is 1. The Balaban J connectivity index is 1.78. The Morgan fingerprint density at radius 1 is 1.00 bits per heavy atom. The molecule has 3 heterocycles. The zero-order chi connectivity index (χ0) is 16.5. The van der Waals surface area contributed by atoms with E-state index in [1.165, 1.54) is 0 Å². The fraction of sp³-hybridized carbons (Fsp3) is 0.200. The average molecular weight is 317 g/mol. The molecule has 1 aliphatic heterocycles. The molecule has 1 unspecified atom stereocenters. The van der Waals surface area contributed by atoms with Crippen LogP contribution >= 0.6 is 0 Å². The highest BCUT2D eigenvalue weighted by Gasteiger charge is 2.32. The second kappa shape index (κ2) is 5.96. The van der Waals surface area contributed by atoms with Crippen LogP contribution in [0.3, 0.4) is 0 Å². The molecule has 0 aliphatic carbocycles. The van der Waals surface area contributed by atoms with Crippen molar-refractivity contribution in [3.05, 3.63) is 89.5 Å². The third-order valence-corrected chi connectivity index (χ3v) is 4.52. The summed E-state index contributed by atoms with van der Waals surface area (Å²) in [5, 5.41) is 0. The topological polar surface area (TPSA) is 38.1 Å². The highest BCUT2D eigenvalue weighted by Crippen LogP contribution is 2.33. The fourth-order valence-corrected chi connectivity index (χ4v) is 3.40. The fourth-order valence-electron chi connectivity index (χ4n) is 3.40. The van der Waals surface area contributed by atoms with Gasteiger partial charge in [-0.15, -0.1) is 0 Å². The van der Waals surface area contributed by atoms with Crippen molar-refractivity contribution in [3.63, 3.8) is 0 Å². The first-order valence-electron chi connectivity index (χ1n) is 8.18. The van der Waals surface area contributed by atoms with Crippen LogP contribution in [0.15, 0.2) is 66.9 Å². The quantitative estimate of drug-likeness (QED) is 0.726. The summed E-state index contributed by atoms with van der Waals surface area (Å²) in [6.45, 7) is 3.39. The Kier molecular flexibility index (Phi) is 3.65. The van der Waals surface area contributed by atoms with E-state index in [9.17, 15) is 4.79 Å². The van der Waals surface area contributed by atoms with E-state index < -0.39 is 0 Å². The van der Waals surface area contributed by atoms with Gasteiger partial charge in [0.2, 0.25) is 0 Å². The van der Waals surface area contributed by atoms with Crippen molar-refractivity contribution in [2.45, 2.75) is 19.5 Å². The minimum absolute atomic E-state index is 0.0139. The number of aryl methyl sites for hydroxylation is 1. The molecule has 0 spiro atoms. The number of amides is 1. The number of hydrogen-bond donors (Lipinski definition) is 0. The maximum Gasteiger partial charge on any atom is 0.273 e. The molecule has 3 aromatic rings. The molecule has 0 radical (unpaired) electrons. The van der Waals surface area contributed by atoms with Crippen LogP contribution in [-0.2, 0) is 6.54 Å². The monoisotopic (exact) mass is 317 g/mol. The van der Waals surface area contributed by atoms with E-state index in [1.54, 1.807) is 6.07 Å². The molecule has 0 saturated carbocycles. The summed E-state index contributed by atoms with van der Waals surface area (Å²) in [5.41, 5.74) is 3.64. The van der Waals surface area contributed by atoms with Gasteiger partial charge in [0.1, 0.15) is 5.69 Å². The normalized spacial score (nSPS) is 16.7. The van der Waals surface area contributed by atoms with Gasteiger partial charge in [0.15, 0.2) is 0 Å². The Morgan fingerprint density at radius 2 is 1.83 bits per heavy atom. The number of nitrogens with zero attached hydrogens (tertiary/aromatic N) is 3.